The van der Waals surface area contributed by atoms with E-state index >= 15 is 0 Å². The molecule has 0 aliphatic heterocycles. The Hall–Kier alpha value is -1.55. The van der Waals surface area contributed by atoms with Gasteiger partial charge in [0.05, 0.1) is 11.4 Å². The number of halogens is 2. The molecule has 2 aromatic rings. The molecule has 21 heavy (non-hydrogen) atoms. The predicted molar refractivity (Wildman–Crippen MR) is 91.0 cm³/mol. The van der Waals surface area contributed by atoms with Gasteiger partial charge in [0.15, 0.2) is 0 Å². The monoisotopic (exact) mass is 350 g/mol. The average molecular weight is 351 g/mol. The van der Waals surface area contributed by atoms with Crippen molar-refractivity contribution in [2.24, 2.45) is 0 Å². The van der Waals surface area contributed by atoms with Crippen molar-refractivity contribution in [3.8, 4) is 0 Å². The van der Waals surface area contributed by atoms with E-state index in [2.05, 4.69) is 27.8 Å². The summed E-state index contributed by atoms with van der Waals surface area (Å²) in [7, 11) is 0. The van der Waals surface area contributed by atoms with E-state index in [1.807, 2.05) is 31.2 Å². The smallest absolute Gasteiger partial charge is 0.123 e. The van der Waals surface area contributed by atoms with Crippen molar-refractivity contribution in [3.63, 3.8) is 0 Å². The normalized spacial score (nSPS) is 10.7. The molecule has 0 heterocycles. The van der Waals surface area contributed by atoms with Crippen LogP contribution in [0.25, 0.3) is 0 Å². The van der Waals surface area contributed by atoms with E-state index in [9.17, 15) is 4.39 Å². The number of benzene rings is 2. The molecule has 0 amide bonds. The Morgan fingerprint density at radius 3 is 2.57 bits per heavy atom. The molecule has 2 nitrogen and oxygen atoms in total. The van der Waals surface area contributed by atoms with Gasteiger partial charge in [-0.3, -0.25) is 0 Å². The first-order valence-electron chi connectivity index (χ1n) is 7.06. The maximum atomic E-state index is 13.2. The largest absolute Gasteiger partial charge is 0.397 e. The lowest BCUT2D eigenvalue weighted by Crippen LogP contribution is -2.24. The lowest BCUT2D eigenvalue weighted by Gasteiger charge is -2.26. The summed E-state index contributed by atoms with van der Waals surface area (Å²) in [6.45, 7) is 5.71. The minimum absolute atomic E-state index is 0.193. The van der Waals surface area contributed by atoms with Crippen LogP contribution >= 0.6 is 15.9 Å². The van der Waals surface area contributed by atoms with Gasteiger partial charge in [-0.05, 0) is 54.8 Å². The molecular formula is C17H20BrFN2. The summed E-state index contributed by atoms with van der Waals surface area (Å²) >= 11 is 3.43. The number of hydrogen-bond donors (Lipinski definition) is 1. The zero-order valence-electron chi connectivity index (χ0n) is 12.4. The minimum Gasteiger partial charge on any atom is -0.397 e. The highest BCUT2D eigenvalue weighted by atomic mass is 79.9. The Morgan fingerprint density at radius 1 is 1.19 bits per heavy atom. The van der Waals surface area contributed by atoms with Crippen molar-refractivity contribution >= 4 is 27.3 Å². The lowest BCUT2D eigenvalue weighted by molar-refractivity contribution is 0.625. The molecule has 0 atom stereocenters. The van der Waals surface area contributed by atoms with Gasteiger partial charge in [-0.1, -0.05) is 28.9 Å². The lowest BCUT2D eigenvalue weighted by atomic mass is 10.1. The van der Waals surface area contributed by atoms with Crippen LogP contribution < -0.4 is 10.6 Å². The zero-order valence-corrected chi connectivity index (χ0v) is 14.0. The van der Waals surface area contributed by atoms with Crippen LogP contribution in [-0.4, -0.2) is 6.54 Å². The Labute approximate surface area is 133 Å². The number of aryl methyl sites for hydroxylation is 1. The molecule has 4 heteroatoms. The molecule has 0 aliphatic carbocycles. The number of nitrogens with zero attached hydrogens (tertiary/aromatic N) is 1. The molecule has 0 saturated heterocycles. The van der Waals surface area contributed by atoms with Gasteiger partial charge in [-0.25, -0.2) is 4.39 Å². The van der Waals surface area contributed by atoms with Crippen molar-refractivity contribution < 1.29 is 4.39 Å². The van der Waals surface area contributed by atoms with E-state index < -0.39 is 0 Å². The van der Waals surface area contributed by atoms with Crippen LogP contribution in [0.1, 0.15) is 24.5 Å². The van der Waals surface area contributed by atoms with Gasteiger partial charge < -0.3 is 10.6 Å². The summed E-state index contributed by atoms with van der Waals surface area (Å²) in [5, 5.41) is 0. The van der Waals surface area contributed by atoms with E-state index in [0.29, 0.717) is 0 Å². The van der Waals surface area contributed by atoms with Crippen molar-refractivity contribution in [2.75, 3.05) is 17.2 Å². The molecule has 0 unspecified atom stereocenters. The molecule has 0 bridgehead atoms. The van der Waals surface area contributed by atoms with Crippen LogP contribution in [0, 0.1) is 12.7 Å². The standard InChI is InChI=1S/C17H20BrFN2/c1-3-8-21(17-7-5-14(18)10-16(17)20)11-13-4-6-15(19)9-12(13)2/h4-7,9-10H,3,8,11,20H2,1-2H3. The quantitative estimate of drug-likeness (QED) is 0.777. The fraction of sp³-hybridized carbons (Fsp3) is 0.294. The first kappa shape index (κ1) is 15.8. The maximum absolute atomic E-state index is 13.2. The summed E-state index contributed by atoms with van der Waals surface area (Å²) in [5.74, 6) is -0.193. The Kier molecular flexibility index (Phi) is 5.23. The average Bonchev–Trinajstić information content (AvgIpc) is 2.41. The van der Waals surface area contributed by atoms with Crippen LogP contribution in [0.2, 0.25) is 0 Å². The van der Waals surface area contributed by atoms with E-state index in [4.69, 9.17) is 5.73 Å². The summed E-state index contributed by atoms with van der Waals surface area (Å²) in [6.07, 6.45) is 1.02. The second-order valence-corrected chi connectivity index (χ2v) is 6.11. The highest BCUT2D eigenvalue weighted by Crippen LogP contribution is 2.28. The number of nitrogen functional groups attached to an aromatic ring is 1. The SMILES string of the molecule is CCCN(Cc1ccc(F)cc1C)c1ccc(Br)cc1N. The Morgan fingerprint density at radius 2 is 1.95 bits per heavy atom. The van der Waals surface area contributed by atoms with Crippen molar-refractivity contribution in [1.29, 1.82) is 0 Å². The zero-order chi connectivity index (χ0) is 15.4. The molecule has 0 spiro atoms. The molecular weight excluding hydrogens is 331 g/mol. The van der Waals surface area contributed by atoms with Crippen molar-refractivity contribution in [2.45, 2.75) is 26.8 Å². The molecule has 0 fully saturated rings. The van der Waals surface area contributed by atoms with Crippen LogP contribution in [0.15, 0.2) is 40.9 Å². The number of nitrogens with two attached hydrogens (primary N) is 1. The highest BCUT2D eigenvalue weighted by Gasteiger charge is 2.12. The third kappa shape index (κ3) is 3.97. The number of anilines is 2. The van der Waals surface area contributed by atoms with Crippen LogP contribution in [0.5, 0.6) is 0 Å². The predicted octanol–water partition coefficient (Wildman–Crippen LogP) is 4.90. The fourth-order valence-electron chi connectivity index (χ4n) is 2.41. The van der Waals surface area contributed by atoms with Gasteiger partial charge in [0, 0.05) is 17.6 Å². The molecule has 2 rings (SSSR count). The van der Waals surface area contributed by atoms with E-state index in [1.165, 1.54) is 6.07 Å². The third-order valence-electron chi connectivity index (χ3n) is 3.49. The topological polar surface area (TPSA) is 29.3 Å². The molecule has 2 N–H and O–H groups in total. The van der Waals surface area contributed by atoms with E-state index in [0.717, 1.165) is 46.5 Å². The van der Waals surface area contributed by atoms with Crippen molar-refractivity contribution in [1.82, 2.24) is 0 Å². The van der Waals surface area contributed by atoms with Gasteiger partial charge >= 0.3 is 0 Å². The molecule has 0 aliphatic rings. The number of rotatable bonds is 5. The molecule has 0 saturated carbocycles. The second-order valence-electron chi connectivity index (χ2n) is 5.20. The Bertz CT molecular complexity index is 628. The molecule has 112 valence electrons. The van der Waals surface area contributed by atoms with Crippen LogP contribution in [-0.2, 0) is 6.54 Å². The van der Waals surface area contributed by atoms with E-state index in [-0.39, 0.29) is 5.82 Å². The first-order valence-corrected chi connectivity index (χ1v) is 7.85. The minimum atomic E-state index is -0.193. The summed E-state index contributed by atoms with van der Waals surface area (Å²) < 4.78 is 14.2. The van der Waals surface area contributed by atoms with Crippen molar-refractivity contribution in [3.05, 3.63) is 57.8 Å². The molecule has 0 radical (unpaired) electrons. The van der Waals surface area contributed by atoms with Gasteiger partial charge in [-0.15, -0.1) is 0 Å². The third-order valence-corrected chi connectivity index (χ3v) is 3.98. The van der Waals surface area contributed by atoms with Gasteiger partial charge in [0.25, 0.3) is 0 Å². The molecule has 0 aromatic heterocycles. The number of hydrogen-bond acceptors (Lipinski definition) is 2. The van der Waals surface area contributed by atoms with Gasteiger partial charge in [-0.2, -0.15) is 0 Å². The van der Waals surface area contributed by atoms with Crippen LogP contribution in [0.3, 0.4) is 0 Å². The Balaban J connectivity index is 2.30. The summed E-state index contributed by atoms with van der Waals surface area (Å²) in [6, 6.07) is 10.9. The van der Waals surface area contributed by atoms with Gasteiger partial charge in [0.2, 0.25) is 0 Å². The maximum Gasteiger partial charge on any atom is 0.123 e. The summed E-state index contributed by atoms with van der Waals surface area (Å²) in [4.78, 5) is 2.24. The van der Waals surface area contributed by atoms with Gasteiger partial charge in [0.1, 0.15) is 5.82 Å². The molecule has 2 aromatic carbocycles. The fourth-order valence-corrected chi connectivity index (χ4v) is 2.79. The first-order chi connectivity index (χ1) is 10.0. The highest BCUT2D eigenvalue weighted by molar-refractivity contribution is 9.10. The van der Waals surface area contributed by atoms with Crippen LogP contribution in [0.4, 0.5) is 15.8 Å². The second kappa shape index (κ2) is 6.94. The summed E-state index contributed by atoms with van der Waals surface area (Å²) in [5.41, 5.74) is 9.98. The van der Waals surface area contributed by atoms with E-state index in [1.54, 1.807) is 6.07 Å².